The van der Waals surface area contributed by atoms with E-state index in [4.69, 9.17) is 20.3 Å². The van der Waals surface area contributed by atoms with Crippen LogP contribution in [0.15, 0.2) is 73.8 Å². The van der Waals surface area contributed by atoms with Gasteiger partial charge in [0, 0.05) is 60.2 Å². The quantitative estimate of drug-likeness (QED) is 0.246. The highest BCUT2D eigenvalue weighted by Gasteiger charge is 2.54. The lowest BCUT2D eigenvalue weighted by molar-refractivity contribution is -0.148. The molecular weight excluding hydrogens is 563 g/mol. The molecule has 11 nitrogen and oxygen atoms in total. The minimum Gasteiger partial charge on any atom is -0.489 e. The maximum absolute atomic E-state index is 14.4. The number of halogens is 1. The molecule has 2 aromatic carbocycles. The van der Waals surface area contributed by atoms with Gasteiger partial charge in [0.25, 0.3) is 0 Å². The number of carbonyl (C=O) groups excluding carboxylic acids is 1. The normalized spacial score (nSPS) is 15.5. The lowest BCUT2D eigenvalue weighted by atomic mass is 9.60. The van der Waals surface area contributed by atoms with Gasteiger partial charge in [-0.05, 0) is 50.1 Å². The van der Waals surface area contributed by atoms with E-state index in [-0.39, 0.29) is 24.0 Å². The van der Waals surface area contributed by atoms with Crippen LogP contribution in [0.4, 0.5) is 10.2 Å². The summed E-state index contributed by atoms with van der Waals surface area (Å²) in [7, 11) is 0. The number of rotatable bonds is 8. The van der Waals surface area contributed by atoms with Crippen LogP contribution in [0.3, 0.4) is 0 Å². The monoisotopic (exact) mass is 592 g/mol. The number of nitrogens with two attached hydrogens (primary N) is 1. The number of hydrogen-bond acceptors (Lipinski definition) is 9. The molecule has 1 saturated heterocycles. The first-order valence-electron chi connectivity index (χ1n) is 14.2. The average molecular weight is 593 g/mol. The van der Waals surface area contributed by atoms with Gasteiger partial charge in [0.2, 0.25) is 5.91 Å². The van der Waals surface area contributed by atoms with Gasteiger partial charge in [-0.1, -0.05) is 6.58 Å². The number of nitrogen functional groups attached to an aromatic ring is 1. The number of aryl methyl sites for hydroxylation is 1. The second-order valence-electron chi connectivity index (χ2n) is 11.4. The van der Waals surface area contributed by atoms with E-state index in [0.29, 0.717) is 45.6 Å². The van der Waals surface area contributed by atoms with Gasteiger partial charge in [0.05, 0.1) is 11.4 Å². The molecule has 5 aromatic rings. The largest absolute Gasteiger partial charge is 0.489 e. The van der Waals surface area contributed by atoms with Crippen molar-refractivity contribution in [2.45, 2.75) is 32.4 Å². The molecule has 2 fully saturated rings. The molecule has 1 spiro atoms. The van der Waals surface area contributed by atoms with Crippen LogP contribution < -0.4 is 15.2 Å². The van der Waals surface area contributed by atoms with Gasteiger partial charge in [-0.2, -0.15) is 5.10 Å². The molecule has 1 aliphatic heterocycles. The number of hydrogen-bond donors (Lipinski definition) is 1. The lowest BCUT2D eigenvalue weighted by Gasteiger charge is -2.58. The number of nitrogens with zero attached hydrogens (tertiary/aromatic N) is 7. The molecule has 4 heterocycles. The van der Waals surface area contributed by atoms with Crippen LogP contribution in [0.2, 0.25) is 0 Å². The third-order valence-electron chi connectivity index (χ3n) is 8.19. The summed E-state index contributed by atoms with van der Waals surface area (Å²) in [5.41, 5.74) is 9.37. The Morgan fingerprint density at radius 3 is 2.52 bits per heavy atom. The Morgan fingerprint density at radius 2 is 1.80 bits per heavy atom. The molecule has 1 amide bonds. The molecule has 2 N–H and O–H groups in total. The lowest BCUT2D eigenvalue weighted by Crippen LogP contribution is -2.63. The minimum atomic E-state index is -0.485. The van der Waals surface area contributed by atoms with Gasteiger partial charge < -0.3 is 20.1 Å². The van der Waals surface area contributed by atoms with Crippen molar-refractivity contribution in [3.63, 3.8) is 0 Å². The molecule has 0 radical (unpaired) electrons. The van der Waals surface area contributed by atoms with Gasteiger partial charge in [-0.25, -0.2) is 29.0 Å². The molecule has 3 aromatic heterocycles. The first-order valence-corrected chi connectivity index (χ1v) is 14.2. The first-order chi connectivity index (χ1) is 21.3. The minimum absolute atomic E-state index is 0.0290. The Morgan fingerprint density at radius 1 is 1.07 bits per heavy atom. The number of amides is 1. The first kappa shape index (κ1) is 27.4. The Hall–Kier alpha value is -5.39. The molecule has 1 aliphatic carbocycles. The predicted molar refractivity (Wildman–Crippen MR) is 160 cm³/mol. The van der Waals surface area contributed by atoms with Crippen molar-refractivity contribution in [2.75, 3.05) is 18.8 Å². The fourth-order valence-electron chi connectivity index (χ4n) is 6.03. The maximum atomic E-state index is 14.4. The highest BCUT2D eigenvalue weighted by molar-refractivity contribution is 5.98. The van der Waals surface area contributed by atoms with Crippen LogP contribution in [-0.2, 0) is 11.4 Å². The second-order valence-corrected chi connectivity index (χ2v) is 11.4. The van der Waals surface area contributed by atoms with Crippen molar-refractivity contribution in [1.82, 2.24) is 34.6 Å². The molecule has 2 aliphatic rings. The summed E-state index contributed by atoms with van der Waals surface area (Å²) in [4.78, 5) is 30.8. The molecule has 44 heavy (non-hydrogen) atoms. The van der Waals surface area contributed by atoms with Gasteiger partial charge >= 0.3 is 0 Å². The molecule has 0 atom stereocenters. The Balaban J connectivity index is 1.07. The van der Waals surface area contributed by atoms with E-state index in [1.54, 1.807) is 37.5 Å². The summed E-state index contributed by atoms with van der Waals surface area (Å²) in [6.07, 6.45) is 7.96. The van der Waals surface area contributed by atoms with Crippen molar-refractivity contribution in [2.24, 2.45) is 5.41 Å². The standard InChI is InChI=1S/C32H29FN8O3/c1-3-27(42)40-16-32(17-40)11-23(12-32)41-31-28(30(34)37-18-38-31)29(39-41)21-4-6-24(7-5-21)44-26-9-22(33)8-25(10-26)43-15-20-13-35-19(2)36-14-20/h3-10,13-14,18,23H,1,11-12,15-17H2,2H3,(H2,34,37,38). The van der Waals surface area contributed by atoms with Gasteiger partial charge in [0.1, 0.15) is 53.3 Å². The van der Waals surface area contributed by atoms with Gasteiger partial charge in [-0.3, -0.25) is 4.79 Å². The fourth-order valence-corrected chi connectivity index (χ4v) is 6.03. The number of carbonyl (C=O) groups is 1. The van der Waals surface area contributed by atoms with Crippen molar-refractivity contribution in [3.8, 4) is 28.5 Å². The Bertz CT molecular complexity index is 1880. The molecule has 0 unspecified atom stereocenters. The van der Waals surface area contributed by atoms with Crippen LogP contribution in [-0.4, -0.2) is 53.6 Å². The number of fused-ring (bicyclic) bond motifs is 1. The van der Waals surface area contributed by atoms with E-state index >= 15 is 0 Å². The van der Waals surface area contributed by atoms with Crippen molar-refractivity contribution >= 4 is 22.8 Å². The zero-order valence-corrected chi connectivity index (χ0v) is 24.0. The number of benzene rings is 2. The van der Waals surface area contributed by atoms with Crippen LogP contribution in [0.5, 0.6) is 17.2 Å². The SMILES string of the molecule is C=CC(=O)N1CC2(CC(n3nc(-c4ccc(Oc5cc(F)cc(OCc6cnc(C)nc6)c5)cc4)c4c(N)ncnc43)C2)C1. The highest BCUT2D eigenvalue weighted by atomic mass is 19.1. The molecule has 222 valence electrons. The van der Waals surface area contributed by atoms with Crippen molar-refractivity contribution < 1.29 is 18.7 Å². The molecule has 12 heteroatoms. The summed E-state index contributed by atoms with van der Waals surface area (Å²) in [5.74, 6) is 1.62. The zero-order chi connectivity index (χ0) is 30.4. The van der Waals surface area contributed by atoms with E-state index in [1.807, 2.05) is 21.7 Å². The Labute approximate surface area is 252 Å². The molecule has 1 saturated carbocycles. The molecule has 0 bridgehead atoms. The third-order valence-corrected chi connectivity index (χ3v) is 8.19. The van der Waals surface area contributed by atoms with Crippen LogP contribution >= 0.6 is 0 Å². The summed E-state index contributed by atoms with van der Waals surface area (Å²) in [6, 6.07) is 11.7. The Kier molecular flexibility index (Phi) is 6.68. The average Bonchev–Trinajstić information content (AvgIpc) is 3.36. The van der Waals surface area contributed by atoms with E-state index in [1.165, 1.54) is 24.5 Å². The summed E-state index contributed by atoms with van der Waals surface area (Å²) >= 11 is 0. The molecular formula is C32H29FN8O3. The van der Waals surface area contributed by atoms with Crippen molar-refractivity contribution in [3.05, 3.63) is 91.0 Å². The highest BCUT2D eigenvalue weighted by Crippen LogP contribution is 2.54. The van der Waals surface area contributed by atoms with Crippen LogP contribution in [0.25, 0.3) is 22.3 Å². The topological polar surface area (TPSA) is 134 Å². The van der Waals surface area contributed by atoms with Crippen LogP contribution in [0.1, 0.15) is 30.3 Å². The maximum Gasteiger partial charge on any atom is 0.245 e. The predicted octanol–water partition coefficient (Wildman–Crippen LogP) is 5.03. The van der Waals surface area contributed by atoms with E-state index in [2.05, 4.69) is 26.5 Å². The van der Waals surface area contributed by atoms with E-state index in [0.717, 1.165) is 37.1 Å². The van der Waals surface area contributed by atoms with Crippen LogP contribution in [0, 0.1) is 18.2 Å². The third kappa shape index (κ3) is 5.08. The fraction of sp³-hybridized carbons (Fsp3) is 0.250. The van der Waals surface area contributed by atoms with E-state index in [9.17, 15) is 9.18 Å². The summed E-state index contributed by atoms with van der Waals surface area (Å²) in [6.45, 7) is 7.05. The number of ether oxygens (including phenoxy) is 2. The number of anilines is 1. The number of aromatic nitrogens is 6. The van der Waals surface area contributed by atoms with Crippen molar-refractivity contribution in [1.29, 1.82) is 0 Å². The summed E-state index contributed by atoms with van der Waals surface area (Å²) in [5, 5.41) is 5.63. The summed E-state index contributed by atoms with van der Waals surface area (Å²) < 4.78 is 28.0. The smallest absolute Gasteiger partial charge is 0.245 e. The second kappa shape index (κ2) is 10.7. The number of likely N-dealkylation sites (tertiary alicyclic amines) is 1. The molecule has 7 rings (SSSR count). The van der Waals surface area contributed by atoms with E-state index < -0.39 is 5.82 Å². The zero-order valence-electron chi connectivity index (χ0n) is 24.0. The van der Waals surface area contributed by atoms with Gasteiger partial charge in [0.15, 0.2) is 5.65 Å². The van der Waals surface area contributed by atoms with Gasteiger partial charge in [-0.15, -0.1) is 0 Å².